The average molecular weight is 209 g/mol. The lowest BCUT2D eigenvalue weighted by atomic mass is 9.90. The highest BCUT2D eigenvalue weighted by Crippen LogP contribution is 2.30. The van der Waals surface area contributed by atoms with E-state index in [1.54, 1.807) is 0 Å². The molecule has 3 aliphatic heterocycles. The van der Waals surface area contributed by atoms with Crippen LogP contribution < -0.4 is 10.6 Å². The molecule has 3 fully saturated rings. The van der Waals surface area contributed by atoms with Crippen molar-refractivity contribution in [3.8, 4) is 0 Å². The van der Waals surface area contributed by atoms with E-state index in [1.165, 1.54) is 19.4 Å². The van der Waals surface area contributed by atoms with Gasteiger partial charge in [-0.3, -0.25) is 9.69 Å². The first-order valence-electron chi connectivity index (χ1n) is 6.10. The van der Waals surface area contributed by atoms with E-state index in [2.05, 4.69) is 15.5 Å². The maximum absolute atomic E-state index is 11.6. The van der Waals surface area contributed by atoms with Gasteiger partial charge >= 0.3 is 0 Å². The van der Waals surface area contributed by atoms with Gasteiger partial charge in [-0.15, -0.1) is 0 Å². The number of piperidine rings is 1. The summed E-state index contributed by atoms with van der Waals surface area (Å²) in [4.78, 5) is 14.2. The van der Waals surface area contributed by atoms with Gasteiger partial charge in [0.1, 0.15) is 0 Å². The van der Waals surface area contributed by atoms with Gasteiger partial charge in [-0.05, 0) is 32.4 Å². The Morgan fingerprint density at radius 2 is 2.20 bits per heavy atom. The first kappa shape index (κ1) is 9.60. The molecule has 0 aromatic rings. The van der Waals surface area contributed by atoms with E-state index in [4.69, 9.17) is 0 Å². The Kier molecular flexibility index (Phi) is 2.41. The molecule has 3 rings (SSSR count). The Labute approximate surface area is 90.4 Å². The number of fused-ring (bicyclic) bond motifs is 1. The normalized spacial score (nSPS) is 41.6. The summed E-state index contributed by atoms with van der Waals surface area (Å²) in [6.45, 7) is 4.31. The summed E-state index contributed by atoms with van der Waals surface area (Å²) >= 11 is 0. The van der Waals surface area contributed by atoms with Gasteiger partial charge in [0.15, 0.2) is 0 Å². The number of hydrogen-bond acceptors (Lipinski definition) is 3. The van der Waals surface area contributed by atoms with Crippen LogP contribution in [0.3, 0.4) is 0 Å². The summed E-state index contributed by atoms with van der Waals surface area (Å²) in [6, 6.07) is 1.15. The third-order valence-electron chi connectivity index (χ3n) is 4.15. The molecule has 4 heteroatoms. The van der Waals surface area contributed by atoms with Crippen molar-refractivity contribution in [1.29, 1.82) is 0 Å². The average Bonchev–Trinajstić information content (AvgIpc) is 2.88. The lowest BCUT2D eigenvalue weighted by molar-refractivity contribution is -0.124. The minimum atomic E-state index is 0.277. The Balaban J connectivity index is 1.75. The fourth-order valence-electron chi connectivity index (χ4n) is 3.36. The second-order valence-corrected chi connectivity index (χ2v) is 4.95. The number of nitrogens with one attached hydrogen (secondary N) is 2. The van der Waals surface area contributed by atoms with Gasteiger partial charge in [0.05, 0.1) is 5.92 Å². The second kappa shape index (κ2) is 3.76. The zero-order valence-electron chi connectivity index (χ0n) is 9.04. The summed E-state index contributed by atoms with van der Waals surface area (Å²) in [5.74, 6) is 0.565. The molecule has 0 aromatic heterocycles. The largest absolute Gasteiger partial charge is 0.354 e. The Morgan fingerprint density at radius 1 is 1.27 bits per heavy atom. The number of carbonyl (C=O) groups excluding carboxylic acids is 1. The predicted molar refractivity (Wildman–Crippen MR) is 57.5 cm³/mol. The minimum absolute atomic E-state index is 0.277. The molecule has 15 heavy (non-hydrogen) atoms. The molecule has 1 amide bonds. The van der Waals surface area contributed by atoms with Crippen molar-refractivity contribution in [3.05, 3.63) is 0 Å². The first-order chi connectivity index (χ1) is 7.36. The summed E-state index contributed by atoms with van der Waals surface area (Å²) in [7, 11) is 0. The lowest BCUT2D eigenvalue weighted by Crippen LogP contribution is -2.51. The number of hydrogen-bond donors (Lipinski definition) is 2. The summed E-state index contributed by atoms with van der Waals surface area (Å²) in [6.07, 6.45) is 3.52. The molecule has 2 N–H and O–H groups in total. The molecule has 4 nitrogen and oxygen atoms in total. The monoisotopic (exact) mass is 209 g/mol. The van der Waals surface area contributed by atoms with Crippen molar-refractivity contribution in [2.45, 2.75) is 31.3 Å². The molecule has 0 aliphatic carbocycles. The van der Waals surface area contributed by atoms with E-state index in [0.29, 0.717) is 12.1 Å². The van der Waals surface area contributed by atoms with E-state index in [9.17, 15) is 4.79 Å². The number of carbonyl (C=O) groups is 1. The summed E-state index contributed by atoms with van der Waals surface area (Å²) in [5, 5.41) is 6.43. The van der Waals surface area contributed by atoms with Crippen LogP contribution in [0.15, 0.2) is 0 Å². The Hall–Kier alpha value is -0.610. The van der Waals surface area contributed by atoms with E-state index in [1.807, 2.05) is 0 Å². The first-order valence-corrected chi connectivity index (χ1v) is 6.10. The van der Waals surface area contributed by atoms with Crippen LogP contribution in [0.4, 0.5) is 0 Å². The van der Waals surface area contributed by atoms with Gasteiger partial charge in [0, 0.05) is 25.2 Å². The third kappa shape index (κ3) is 1.56. The molecule has 3 saturated heterocycles. The van der Waals surface area contributed by atoms with E-state index in [-0.39, 0.29) is 11.8 Å². The van der Waals surface area contributed by atoms with Gasteiger partial charge in [-0.25, -0.2) is 0 Å². The van der Waals surface area contributed by atoms with Crippen molar-refractivity contribution in [1.82, 2.24) is 15.5 Å². The fraction of sp³-hybridized carbons (Fsp3) is 0.909. The fourth-order valence-corrected chi connectivity index (χ4v) is 3.36. The van der Waals surface area contributed by atoms with Crippen molar-refractivity contribution in [2.24, 2.45) is 5.92 Å². The number of nitrogens with zero attached hydrogens (tertiary/aromatic N) is 1. The predicted octanol–water partition coefficient (Wildman–Crippen LogP) is -0.441. The second-order valence-electron chi connectivity index (χ2n) is 4.95. The van der Waals surface area contributed by atoms with Crippen LogP contribution in [0, 0.1) is 5.92 Å². The Morgan fingerprint density at radius 3 is 3.00 bits per heavy atom. The van der Waals surface area contributed by atoms with Crippen LogP contribution in [-0.4, -0.2) is 49.1 Å². The van der Waals surface area contributed by atoms with Crippen LogP contribution in [0.25, 0.3) is 0 Å². The highest BCUT2D eigenvalue weighted by Gasteiger charge is 2.43. The molecule has 3 atom stereocenters. The van der Waals surface area contributed by atoms with Crippen molar-refractivity contribution < 1.29 is 4.79 Å². The summed E-state index contributed by atoms with van der Waals surface area (Å²) < 4.78 is 0. The van der Waals surface area contributed by atoms with Gasteiger partial charge < -0.3 is 10.6 Å². The number of likely N-dealkylation sites (tertiary alicyclic amines) is 1. The lowest BCUT2D eigenvalue weighted by Gasteiger charge is -2.39. The van der Waals surface area contributed by atoms with E-state index in [0.717, 1.165) is 26.1 Å². The van der Waals surface area contributed by atoms with E-state index < -0.39 is 0 Å². The molecule has 0 bridgehead atoms. The molecule has 3 aliphatic rings. The van der Waals surface area contributed by atoms with Crippen LogP contribution in [0.1, 0.15) is 19.3 Å². The number of rotatable bonds is 1. The highest BCUT2D eigenvalue weighted by atomic mass is 16.2. The van der Waals surface area contributed by atoms with Crippen LogP contribution in [0.5, 0.6) is 0 Å². The van der Waals surface area contributed by atoms with Gasteiger partial charge in [-0.1, -0.05) is 0 Å². The van der Waals surface area contributed by atoms with E-state index >= 15 is 0 Å². The number of amides is 1. The molecule has 0 spiro atoms. The zero-order chi connectivity index (χ0) is 10.3. The highest BCUT2D eigenvalue weighted by molar-refractivity contribution is 5.82. The zero-order valence-corrected chi connectivity index (χ0v) is 9.04. The Bertz CT molecular complexity index is 263. The molecular formula is C11H19N3O. The molecule has 84 valence electrons. The topological polar surface area (TPSA) is 44.4 Å². The molecule has 0 saturated carbocycles. The molecule has 3 heterocycles. The van der Waals surface area contributed by atoms with Gasteiger partial charge in [0.2, 0.25) is 5.91 Å². The smallest absolute Gasteiger partial charge is 0.224 e. The summed E-state index contributed by atoms with van der Waals surface area (Å²) in [5.41, 5.74) is 0. The van der Waals surface area contributed by atoms with Crippen LogP contribution in [-0.2, 0) is 4.79 Å². The van der Waals surface area contributed by atoms with Crippen molar-refractivity contribution in [2.75, 3.05) is 26.2 Å². The SMILES string of the molecule is O=C1NCC2C1CCCN2C1CCNC1. The molecule has 0 aromatic carbocycles. The quantitative estimate of drug-likeness (QED) is 0.615. The molecule has 3 unspecified atom stereocenters. The third-order valence-corrected chi connectivity index (χ3v) is 4.15. The maximum Gasteiger partial charge on any atom is 0.224 e. The van der Waals surface area contributed by atoms with Crippen LogP contribution in [0.2, 0.25) is 0 Å². The van der Waals surface area contributed by atoms with Crippen LogP contribution >= 0.6 is 0 Å². The maximum atomic E-state index is 11.6. The van der Waals surface area contributed by atoms with Gasteiger partial charge in [-0.2, -0.15) is 0 Å². The van der Waals surface area contributed by atoms with Crippen molar-refractivity contribution >= 4 is 5.91 Å². The van der Waals surface area contributed by atoms with Crippen molar-refractivity contribution in [3.63, 3.8) is 0 Å². The molecule has 0 radical (unpaired) electrons. The minimum Gasteiger partial charge on any atom is -0.354 e. The van der Waals surface area contributed by atoms with Gasteiger partial charge in [0.25, 0.3) is 0 Å². The standard InChI is InChI=1S/C11H19N3O/c15-11-9-2-1-5-14(10(9)7-13-11)8-3-4-12-6-8/h8-10,12H,1-7H2,(H,13,15). The molecular weight excluding hydrogens is 190 g/mol.